The summed E-state index contributed by atoms with van der Waals surface area (Å²) in [6.45, 7) is 4.30. The van der Waals surface area contributed by atoms with Crippen molar-refractivity contribution in [1.82, 2.24) is 5.32 Å². The Morgan fingerprint density at radius 1 is 1.12 bits per heavy atom. The summed E-state index contributed by atoms with van der Waals surface area (Å²) in [5.74, 6) is 0.143. The lowest BCUT2D eigenvalue weighted by Gasteiger charge is -2.34. The number of amides is 1. The molecule has 2 atom stereocenters. The zero-order valence-electron chi connectivity index (χ0n) is 19.6. The van der Waals surface area contributed by atoms with Crippen LogP contribution < -0.4 is 5.32 Å². The number of allylic oxidation sites excluding steroid dienone is 1. The number of benzene rings is 1. The van der Waals surface area contributed by atoms with Crippen LogP contribution >= 0.6 is 11.8 Å². The van der Waals surface area contributed by atoms with Crippen molar-refractivity contribution in [2.75, 3.05) is 5.75 Å². The van der Waals surface area contributed by atoms with Gasteiger partial charge in [0.15, 0.2) is 0 Å². The fourth-order valence-electron chi connectivity index (χ4n) is 5.26. The normalized spacial score (nSPS) is 23.7. The number of nitrogens with one attached hydrogen (secondary N) is 1. The van der Waals surface area contributed by atoms with Crippen molar-refractivity contribution >= 4 is 29.2 Å². The summed E-state index contributed by atoms with van der Waals surface area (Å²) in [6, 6.07) is 10.9. The van der Waals surface area contributed by atoms with Crippen molar-refractivity contribution in [3.63, 3.8) is 0 Å². The van der Waals surface area contributed by atoms with Crippen molar-refractivity contribution in [2.45, 2.75) is 83.1 Å². The molecule has 1 N–H and O–H groups in total. The Morgan fingerprint density at radius 3 is 2.52 bits per heavy atom. The quantitative estimate of drug-likeness (QED) is 0.592. The lowest BCUT2D eigenvalue weighted by molar-refractivity contribution is -0.122. The van der Waals surface area contributed by atoms with Gasteiger partial charge in [0.1, 0.15) is 10.8 Å². The van der Waals surface area contributed by atoms with E-state index in [4.69, 9.17) is 4.99 Å². The molecule has 6 heteroatoms. The fraction of sp³-hybridized carbons (Fsp3) is 0.556. The van der Waals surface area contributed by atoms with Gasteiger partial charge in [-0.25, -0.2) is 4.99 Å². The van der Waals surface area contributed by atoms with Gasteiger partial charge in [-0.3, -0.25) is 9.59 Å². The summed E-state index contributed by atoms with van der Waals surface area (Å²) in [4.78, 5) is 30.3. The third-order valence-electron chi connectivity index (χ3n) is 7.07. The third kappa shape index (κ3) is 5.41. The Bertz CT molecular complexity index is 997. The molecule has 33 heavy (non-hydrogen) atoms. The third-order valence-corrected chi connectivity index (χ3v) is 8.07. The van der Waals surface area contributed by atoms with Crippen LogP contribution in [0.5, 0.6) is 0 Å². The van der Waals surface area contributed by atoms with Crippen LogP contribution in [-0.2, 0) is 9.59 Å². The first kappa shape index (κ1) is 23.8. The molecule has 3 aliphatic rings. The number of nitriles is 1. The molecule has 2 fully saturated rings. The topological polar surface area (TPSA) is 82.3 Å². The van der Waals surface area contributed by atoms with E-state index in [1.54, 1.807) is 0 Å². The number of rotatable bonds is 6. The van der Waals surface area contributed by atoms with Gasteiger partial charge < -0.3 is 5.32 Å². The first-order chi connectivity index (χ1) is 16.0. The van der Waals surface area contributed by atoms with E-state index in [1.807, 2.05) is 0 Å². The maximum atomic E-state index is 13.0. The number of hydrogen-bond acceptors (Lipinski definition) is 5. The lowest BCUT2D eigenvalue weighted by atomic mass is 9.70. The molecule has 174 valence electrons. The molecule has 0 saturated heterocycles. The zero-order chi connectivity index (χ0) is 23.4. The number of nitrogens with zero attached hydrogens (tertiary/aromatic N) is 2. The van der Waals surface area contributed by atoms with Gasteiger partial charge in [0, 0.05) is 24.1 Å². The van der Waals surface area contributed by atoms with Crippen molar-refractivity contribution in [2.24, 2.45) is 10.9 Å². The standard InChI is InChI=1S/C27H33N3O2S/c1-17(2)18-11-13-19(14-12-18)25-21(15-28)27(30-22-9-6-10-23(31)26(22)25)33-16-24(32)29-20-7-4-3-5-8-20/h11-14,17,20,25-26H,3-10,16H2,1-2H3,(H,29,32)/t25-,26+/m0/s1. The summed E-state index contributed by atoms with van der Waals surface area (Å²) < 4.78 is 0. The second-order valence-electron chi connectivity index (χ2n) is 9.72. The van der Waals surface area contributed by atoms with Crippen LogP contribution in [0.25, 0.3) is 0 Å². The van der Waals surface area contributed by atoms with E-state index in [9.17, 15) is 14.9 Å². The van der Waals surface area contributed by atoms with E-state index >= 15 is 0 Å². The van der Waals surface area contributed by atoms with E-state index in [2.05, 4.69) is 49.5 Å². The molecule has 1 aromatic rings. The predicted molar refractivity (Wildman–Crippen MR) is 133 cm³/mol. The van der Waals surface area contributed by atoms with Gasteiger partial charge >= 0.3 is 0 Å². The SMILES string of the molecule is CC(C)c1ccc([C@H]2C(C#N)=C(SCC(=O)NC3CCCCC3)N=C3CCCC(=O)[C@@H]32)cc1. The molecule has 4 rings (SSSR count). The Kier molecular flexibility index (Phi) is 7.70. The molecule has 0 radical (unpaired) electrons. The van der Waals surface area contributed by atoms with Gasteiger partial charge in [-0.15, -0.1) is 0 Å². The van der Waals surface area contributed by atoms with E-state index in [0.29, 0.717) is 22.9 Å². The first-order valence-electron chi connectivity index (χ1n) is 12.2. The van der Waals surface area contributed by atoms with Crippen molar-refractivity contribution < 1.29 is 9.59 Å². The highest BCUT2D eigenvalue weighted by molar-refractivity contribution is 8.03. The van der Waals surface area contributed by atoms with Crippen LogP contribution in [0.15, 0.2) is 39.9 Å². The van der Waals surface area contributed by atoms with Crippen molar-refractivity contribution in [3.05, 3.63) is 46.0 Å². The molecular formula is C27H33N3O2S. The molecule has 1 heterocycles. The molecule has 5 nitrogen and oxygen atoms in total. The Balaban J connectivity index is 1.59. The number of carbonyl (C=O) groups is 2. The minimum Gasteiger partial charge on any atom is -0.353 e. The molecule has 1 amide bonds. The number of aliphatic imine (C=N–C) groups is 1. The minimum atomic E-state index is -0.362. The van der Waals surface area contributed by atoms with E-state index in [0.717, 1.165) is 37.0 Å². The summed E-state index contributed by atoms with van der Waals surface area (Å²) in [6.07, 6.45) is 7.78. The van der Waals surface area contributed by atoms with E-state index in [-0.39, 0.29) is 35.3 Å². The maximum Gasteiger partial charge on any atom is 0.230 e. The monoisotopic (exact) mass is 463 g/mol. The van der Waals surface area contributed by atoms with Gasteiger partial charge in [-0.05, 0) is 42.7 Å². The van der Waals surface area contributed by atoms with Crippen LogP contribution in [0.1, 0.15) is 88.2 Å². The highest BCUT2D eigenvalue weighted by Gasteiger charge is 2.42. The number of fused-ring (bicyclic) bond motifs is 1. The fourth-order valence-corrected chi connectivity index (χ4v) is 6.12. The molecule has 2 saturated carbocycles. The van der Waals surface area contributed by atoms with Crippen LogP contribution in [0.3, 0.4) is 0 Å². The molecular weight excluding hydrogens is 430 g/mol. The minimum absolute atomic E-state index is 0.00318. The lowest BCUT2D eigenvalue weighted by Crippen LogP contribution is -2.38. The first-order valence-corrected chi connectivity index (χ1v) is 13.2. The second-order valence-corrected chi connectivity index (χ2v) is 10.7. The van der Waals surface area contributed by atoms with Gasteiger partial charge in [0.25, 0.3) is 0 Å². The molecule has 1 aromatic carbocycles. The second kappa shape index (κ2) is 10.7. The van der Waals surface area contributed by atoms with Gasteiger partial charge in [0.2, 0.25) is 5.91 Å². The average Bonchev–Trinajstić information content (AvgIpc) is 2.82. The number of thioether (sulfide) groups is 1. The molecule has 0 aromatic heterocycles. The summed E-state index contributed by atoms with van der Waals surface area (Å²) in [7, 11) is 0. The smallest absolute Gasteiger partial charge is 0.230 e. The Hall–Kier alpha value is -2.39. The Morgan fingerprint density at radius 2 is 1.85 bits per heavy atom. The number of Topliss-reactive ketones (excluding diaryl/α,β-unsaturated/α-hetero) is 1. The summed E-state index contributed by atoms with van der Waals surface area (Å²) >= 11 is 1.34. The number of carbonyl (C=O) groups excluding carboxylic acids is 2. The van der Waals surface area contributed by atoms with Gasteiger partial charge in [-0.2, -0.15) is 5.26 Å². The zero-order valence-corrected chi connectivity index (χ0v) is 20.4. The van der Waals surface area contributed by atoms with Gasteiger partial charge in [-0.1, -0.05) is 69.1 Å². The molecule has 0 spiro atoms. The predicted octanol–water partition coefficient (Wildman–Crippen LogP) is 5.63. The highest BCUT2D eigenvalue weighted by Crippen LogP contribution is 2.45. The average molecular weight is 464 g/mol. The summed E-state index contributed by atoms with van der Waals surface area (Å²) in [5.41, 5.74) is 3.60. The maximum absolute atomic E-state index is 13.0. The van der Waals surface area contributed by atoms with Crippen LogP contribution in [0, 0.1) is 17.2 Å². The van der Waals surface area contributed by atoms with Crippen LogP contribution in [0.2, 0.25) is 0 Å². The molecule has 0 unspecified atom stereocenters. The Labute approximate surface area is 201 Å². The number of ketones is 1. The van der Waals surface area contributed by atoms with Crippen molar-refractivity contribution in [3.8, 4) is 6.07 Å². The van der Waals surface area contributed by atoms with Gasteiger partial charge in [0.05, 0.1) is 23.3 Å². The van der Waals surface area contributed by atoms with E-state index < -0.39 is 0 Å². The van der Waals surface area contributed by atoms with Crippen LogP contribution in [-0.4, -0.2) is 29.2 Å². The van der Waals surface area contributed by atoms with Crippen molar-refractivity contribution in [1.29, 1.82) is 5.26 Å². The number of hydrogen-bond donors (Lipinski definition) is 1. The van der Waals surface area contributed by atoms with Crippen LogP contribution in [0.4, 0.5) is 0 Å². The molecule has 2 aliphatic carbocycles. The van der Waals surface area contributed by atoms with E-state index in [1.165, 1.54) is 36.6 Å². The highest BCUT2D eigenvalue weighted by atomic mass is 32.2. The summed E-state index contributed by atoms with van der Waals surface area (Å²) in [5, 5.41) is 13.9. The molecule has 0 bridgehead atoms. The largest absolute Gasteiger partial charge is 0.353 e. The molecule has 1 aliphatic heterocycles.